The maximum Gasteiger partial charge on any atom is 0.272 e. The van der Waals surface area contributed by atoms with Crippen molar-refractivity contribution in [1.29, 1.82) is 0 Å². The highest BCUT2D eigenvalue weighted by Crippen LogP contribution is 2.16. The van der Waals surface area contributed by atoms with Crippen LogP contribution in [0.25, 0.3) is 6.08 Å². The van der Waals surface area contributed by atoms with Crippen LogP contribution in [0.5, 0.6) is 0 Å². The van der Waals surface area contributed by atoms with Gasteiger partial charge in [-0.15, -0.1) is 0 Å². The second-order valence-electron chi connectivity index (χ2n) is 5.72. The molecular formula is C22H17ClN2O2. The predicted molar refractivity (Wildman–Crippen MR) is 108 cm³/mol. The number of para-hydroxylation sites is 1. The molecule has 0 fully saturated rings. The summed E-state index contributed by atoms with van der Waals surface area (Å²) in [6.07, 6.45) is 1.62. The van der Waals surface area contributed by atoms with E-state index in [0.717, 1.165) is 5.56 Å². The van der Waals surface area contributed by atoms with Gasteiger partial charge >= 0.3 is 0 Å². The van der Waals surface area contributed by atoms with Crippen molar-refractivity contribution >= 4 is 35.2 Å². The van der Waals surface area contributed by atoms with Crippen LogP contribution in [0.4, 0.5) is 5.69 Å². The fraction of sp³-hybridized carbons (Fsp3) is 0. The Morgan fingerprint density at radius 2 is 1.37 bits per heavy atom. The summed E-state index contributed by atoms with van der Waals surface area (Å²) < 4.78 is 0. The highest BCUT2D eigenvalue weighted by Gasteiger charge is 2.16. The Balaban J connectivity index is 1.88. The van der Waals surface area contributed by atoms with E-state index in [2.05, 4.69) is 10.6 Å². The summed E-state index contributed by atoms with van der Waals surface area (Å²) in [5.41, 5.74) is 1.84. The number of amides is 2. The third-order valence-electron chi connectivity index (χ3n) is 3.75. The molecule has 0 spiro atoms. The van der Waals surface area contributed by atoms with E-state index in [9.17, 15) is 9.59 Å². The van der Waals surface area contributed by atoms with Gasteiger partial charge in [0.25, 0.3) is 11.8 Å². The molecule has 5 heteroatoms. The van der Waals surface area contributed by atoms with Crippen LogP contribution in [0.3, 0.4) is 0 Å². The Labute approximate surface area is 162 Å². The van der Waals surface area contributed by atoms with Crippen molar-refractivity contribution in [2.45, 2.75) is 0 Å². The fourth-order valence-electron chi connectivity index (χ4n) is 2.43. The molecule has 0 aromatic heterocycles. The molecule has 3 rings (SSSR count). The molecule has 3 aromatic carbocycles. The number of hydrogen-bond acceptors (Lipinski definition) is 2. The van der Waals surface area contributed by atoms with Gasteiger partial charge in [0.1, 0.15) is 5.70 Å². The number of nitrogens with one attached hydrogen (secondary N) is 2. The number of carbonyl (C=O) groups is 2. The monoisotopic (exact) mass is 376 g/mol. The zero-order valence-corrected chi connectivity index (χ0v) is 15.1. The van der Waals surface area contributed by atoms with E-state index in [1.165, 1.54) is 0 Å². The number of benzene rings is 3. The molecule has 0 unspecified atom stereocenters. The van der Waals surface area contributed by atoms with Gasteiger partial charge in [-0.05, 0) is 35.9 Å². The van der Waals surface area contributed by atoms with E-state index < -0.39 is 11.8 Å². The third kappa shape index (κ3) is 5.06. The van der Waals surface area contributed by atoms with Crippen LogP contribution in [0, 0.1) is 0 Å². The number of anilines is 1. The van der Waals surface area contributed by atoms with Gasteiger partial charge in [0, 0.05) is 5.69 Å². The first-order valence-electron chi connectivity index (χ1n) is 8.32. The number of carbonyl (C=O) groups excluding carboxylic acids is 2. The van der Waals surface area contributed by atoms with Crippen LogP contribution in [0.15, 0.2) is 90.6 Å². The van der Waals surface area contributed by atoms with Gasteiger partial charge in [-0.3, -0.25) is 9.59 Å². The quantitative estimate of drug-likeness (QED) is 0.631. The normalized spacial score (nSPS) is 10.9. The Morgan fingerprint density at radius 3 is 2.04 bits per heavy atom. The van der Waals surface area contributed by atoms with Crippen molar-refractivity contribution in [2.24, 2.45) is 0 Å². The summed E-state index contributed by atoms with van der Waals surface area (Å²) in [6, 6.07) is 25.0. The first-order chi connectivity index (χ1) is 13.1. The van der Waals surface area contributed by atoms with Crippen molar-refractivity contribution in [3.8, 4) is 0 Å². The Bertz CT molecular complexity index is 970. The summed E-state index contributed by atoms with van der Waals surface area (Å²) >= 11 is 6.09. The summed E-state index contributed by atoms with van der Waals surface area (Å²) in [5.74, 6) is -0.878. The Hall–Kier alpha value is -3.37. The van der Waals surface area contributed by atoms with Gasteiger partial charge in [0.2, 0.25) is 0 Å². The Morgan fingerprint density at radius 1 is 0.778 bits per heavy atom. The van der Waals surface area contributed by atoms with E-state index >= 15 is 0 Å². The molecule has 0 bridgehead atoms. The van der Waals surface area contributed by atoms with E-state index in [0.29, 0.717) is 16.3 Å². The van der Waals surface area contributed by atoms with Crippen LogP contribution in [0.2, 0.25) is 5.02 Å². The molecule has 3 aromatic rings. The lowest BCUT2D eigenvalue weighted by molar-refractivity contribution is -0.113. The topological polar surface area (TPSA) is 58.2 Å². The molecule has 0 aliphatic carbocycles. The molecule has 0 heterocycles. The minimum Gasteiger partial charge on any atom is -0.321 e. The molecule has 0 saturated heterocycles. The van der Waals surface area contributed by atoms with Gasteiger partial charge in [-0.25, -0.2) is 0 Å². The summed E-state index contributed by atoms with van der Waals surface area (Å²) in [6.45, 7) is 0. The lowest BCUT2D eigenvalue weighted by atomic mass is 10.1. The smallest absolute Gasteiger partial charge is 0.272 e. The predicted octanol–water partition coefficient (Wildman–Crippen LogP) is 4.75. The largest absolute Gasteiger partial charge is 0.321 e. The van der Waals surface area contributed by atoms with E-state index in [4.69, 9.17) is 11.6 Å². The lowest BCUT2D eigenvalue weighted by Crippen LogP contribution is -2.30. The standard InChI is InChI=1S/C22H17ClN2O2/c23-19-14-8-7-13-18(19)21(26)25-20(15-16-9-3-1-4-10-16)22(27)24-17-11-5-2-6-12-17/h1-15H,(H,24,27)(H,25,26)/b20-15-. The van der Waals surface area contributed by atoms with Gasteiger partial charge in [-0.2, -0.15) is 0 Å². The molecule has 0 saturated carbocycles. The minimum absolute atomic E-state index is 0.120. The van der Waals surface area contributed by atoms with Crippen molar-refractivity contribution in [3.63, 3.8) is 0 Å². The van der Waals surface area contributed by atoms with Crippen LogP contribution in [-0.4, -0.2) is 11.8 Å². The SMILES string of the molecule is O=C(Nc1ccccc1)/C(=C/c1ccccc1)NC(=O)c1ccccc1Cl. The zero-order valence-electron chi connectivity index (χ0n) is 14.4. The van der Waals surface area contributed by atoms with Gasteiger partial charge in [0.05, 0.1) is 10.6 Å². The first-order valence-corrected chi connectivity index (χ1v) is 8.70. The van der Waals surface area contributed by atoms with Gasteiger partial charge in [-0.1, -0.05) is 72.3 Å². The van der Waals surface area contributed by atoms with Crippen LogP contribution in [0.1, 0.15) is 15.9 Å². The van der Waals surface area contributed by atoms with Crippen molar-refractivity contribution < 1.29 is 9.59 Å². The molecule has 0 aliphatic heterocycles. The molecular weight excluding hydrogens is 360 g/mol. The average molecular weight is 377 g/mol. The van der Waals surface area contributed by atoms with Crippen molar-refractivity contribution in [1.82, 2.24) is 5.32 Å². The highest BCUT2D eigenvalue weighted by molar-refractivity contribution is 6.34. The van der Waals surface area contributed by atoms with E-state index in [1.54, 1.807) is 42.5 Å². The zero-order chi connectivity index (χ0) is 19.1. The molecule has 0 radical (unpaired) electrons. The fourth-order valence-corrected chi connectivity index (χ4v) is 2.65. The second-order valence-corrected chi connectivity index (χ2v) is 6.13. The summed E-state index contributed by atoms with van der Waals surface area (Å²) in [4.78, 5) is 25.3. The maximum absolute atomic E-state index is 12.7. The summed E-state index contributed by atoms with van der Waals surface area (Å²) in [7, 11) is 0. The van der Waals surface area contributed by atoms with Gasteiger partial charge in [0.15, 0.2) is 0 Å². The highest BCUT2D eigenvalue weighted by atomic mass is 35.5. The van der Waals surface area contributed by atoms with E-state index in [1.807, 2.05) is 48.5 Å². The van der Waals surface area contributed by atoms with Crippen molar-refractivity contribution in [2.75, 3.05) is 5.32 Å². The molecule has 4 nitrogen and oxygen atoms in total. The van der Waals surface area contributed by atoms with Crippen molar-refractivity contribution in [3.05, 3.63) is 107 Å². The van der Waals surface area contributed by atoms with Crippen LogP contribution >= 0.6 is 11.6 Å². The Kier molecular flexibility index (Phi) is 6.02. The first kappa shape index (κ1) is 18.4. The maximum atomic E-state index is 12.7. The third-order valence-corrected chi connectivity index (χ3v) is 4.08. The molecule has 2 N–H and O–H groups in total. The van der Waals surface area contributed by atoms with Gasteiger partial charge < -0.3 is 10.6 Å². The number of hydrogen-bond donors (Lipinski definition) is 2. The molecule has 2 amide bonds. The van der Waals surface area contributed by atoms with E-state index in [-0.39, 0.29) is 5.70 Å². The molecule has 0 aliphatic rings. The molecule has 134 valence electrons. The number of halogens is 1. The lowest BCUT2D eigenvalue weighted by Gasteiger charge is -2.12. The number of rotatable bonds is 5. The average Bonchev–Trinajstić information content (AvgIpc) is 2.69. The van der Waals surface area contributed by atoms with Crippen LogP contribution in [-0.2, 0) is 4.79 Å². The minimum atomic E-state index is -0.453. The second kappa shape index (κ2) is 8.83. The van der Waals surface area contributed by atoms with Crippen LogP contribution < -0.4 is 10.6 Å². The molecule has 0 atom stereocenters. The summed E-state index contributed by atoms with van der Waals surface area (Å²) in [5, 5.41) is 5.76. The molecule has 27 heavy (non-hydrogen) atoms.